The summed E-state index contributed by atoms with van der Waals surface area (Å²) in [6.07, 6.45) is 1.67. The summed E-state index contributed by atoms with van der Waals surface area (Å²) in [6.45, 7) is 0.718. The number of likely N-dealkylation sites (N-methyl/N-ethyl adjacent to an activating group) is 1. The number of carbonyl (C=O) groups is 2. The summed E-state index contributed by atoms with van der Waals surface area (Å²) < 4.78 is 0. The summed E-state index contributed by atoms with van der Waals surface area (Å²) in [7, 11) is 1.79. The fourth-order valence-electron chi connectivity index (χ4n) is 3.26. The highest BCUT2D eigenvalue weighted by Gasteiger charge is 2.24. The van der Waals surface area contributed by atoms with Crippen molar-refractivity contribution in [2.45, 2.75) is 19.3 Å². The zero-order valence-electron chi connectivity index (χ0n) is 14.5. The fourth-order valence-corrected chi connectivity index (χ4v) is 4.13. The van der Waals surface area contributed by atoms with Crippen molar-refractivity contribution in [1.29, 1.82) is 0 Å². The van der Waals surface area contributed by atoms with Gasteiger partial charge in [-0.2, -0.15) is 0 Å². The first kappa shape index (κ1) is 16.7. The largest absolute Gasteiger partial charge is 0.315 e. The van der Waals surface area contributed by atoms with Crippen molar-refractivity contribution in [2.24, 2.45) is 0 Å². The smallest absolute Gasteiger partial charge is 0.232 e. The first-order valence-electron chi connectivity index (χ1n) is 8.62. The molecular weight excluding hydrogens is 346 g/mol. The molecule has 4 rings (SSSR count). The minimum atomic E-state index is -0.0223. The van der Waals surface area contributed by atoms with Gasteiger partial charge in [0, 0.05) is 30.8 Å². The van der Waals surface area contributed by atoms with Crippen LogP contribution in [0.5, 0.6) is 0 Å². The molecule has 2 aromatic carbocycles. The molecule has 0 saturated carbocycles. The van der Waals surface area contributed by atoms with Gasteiger partial charge in [0.25, 0.3) is 0 Å². The van der Waals surface area contributed by atoms with Crippen molar-refractivity contribution in [3.63, 3.8) is 0 Å². The lowest BCUT2D eigenvalue weighted by atomic mass is 10.1. The van der Waals surface area contributed by atoms with Crippen LogP contribution in [0.25, 0.3) is 10.8 Å². The molecule has 1 aromatic heterocycles. The van der Waals surface area contributed by atoms with Gasteiger partial charge in [-0.3, -0.25) is 14.5 Å². The SMILES string of the molecule is CN(C(=O)Cc1csc(N2CCCC2=O)n1)c1cccc2ccccc12. The third kappa shape index (κ3) is 3.08. The molecule has 1 fully saturated rings. The third-order valence-corrected chi connectivity index (χ3v) is 5.59. The second kappa shape index (κ2) is 6.88. The van der Waals surface area contributed by atoms with Crippen LogP contribution in [0.2, 0.25) is 0 Å². The predicted molar refractivity (Wildman–Crippen MR) is 105 cm³/mol. The van der Waals surface area contributed by atoms with Gasteiger partial charge in [-0.25, -0.2) is 4.98 Å². The van der Waals surface area contributed by atoms with E-state index in [1.54, 1.807) is 16.8 Å². The number of aromatic nitrogens is 1. The lowest BCUT2D eigenvalue weighted by molar-refractivity contribution is -0.118. The maximum atomic E-state index is 12.8. The molecule has 2 heterocycles. The number of fused-ring (bicyclic) bond motifs is 1. The van der Waals surface area contributed by atoms with E-state index in [1.807, 2.05) is 47.8 Å². The number of rotatable bonds is 4. The van der Waals surface area contributed by atoms with Gasteiger partial charge in [0.1, 0.15) is 0 Å². The minimum absolute atomic E-state index is 0.0223. The van der Waals surface area contributed by atoms with Crippen molar-refractivity contribution in [1.82, 2.24) is 4.98 Å². The summed E-state index contributed by atoms with van der Waals surface area (Å²) >= 11 is 1.43. The molecule has 3 aromatic rings. The molecule has 0 spiro atoms. The van der Waals surface area contributed by atoms with Gasteiger partial charge in [0.05, 0.1) is 17.8 Å². The molecule has 0 N–H and O–H groups in total. The number of benzene rings is 2. The quantitative estimate of drug-likeness (QED) is 0.709. The molecule has 0 aliphatic carbocycles. The van der Waals surface area contributed by atoms with E-state index >= 15 is 0 Å². The van der Waals surface area contributed by atoms with Crippen molar-refractivity contribution in [3.05, 3.63) is 53.5 Å². The standard InChI is InChI=1S/C20H19N3O2S/c1-22(17-9-4-7-14-6-2-3-8-16(14)17)19(25)12-15-13-26-20(21-15)23-11-5-10-18(23)24/h2-4,6-9,13H,5,10-12H2,1H3. The van der Waals surface area contributed by atoms with Gasteiger partial charge in [-0.15, -0.1) is 11.3 Å². The van der Waals surface area contributed by atoms with E-state index in [0.29, 0.717) is 17.2 Å². The van der Waals surface area contributed by atoms with Gasteiger partial charge in [0.2, 0.25) is 11.8 Å². The van der Waals surface area contributed by atoms with Gasteiger partial charge in [0.15, 0.2) is 5.13 Å². The van der Waals surface area contributed by atoms with Gasteiger partial charge in [-0.05, 0) is 17.9 Å². The Kier molecular flexibility index (Phi) is 4.42. The molecule has 1 aliphatic heterocycles. The van der Waals surface area contributed by atoms with Crippen LogP contribution in [0.1, 0.15) is 18.5 Å². The highest BCUT2D eigenvalue weighted by molar-refractivity contribution is 7.14. The average molecular weight is 365 g/mol. The van der Waals surface area contributed by atoms with Gasteiger partial charge < -0.3 is 4.90 Å². The highest BCUT2D eigenvalue weighted by atomic mass is 32.1. The van der Waals surface area contributed by atoms with Crippen LogP contribution in [0, 0.1) is 0 Å². The van der Waals surface area contributed by atoms with Crippen molar-refractivity contribution in [2.75, 3.05) is 23.4 Å². The second-order valence-electron chi connectivity index (χ2n) is 6.40. The Bertz CT molecular complexity index is 977. The van der Waals surface area contributed by atoms with E-state index in [0.717, 1.165) is 29.4 Å². The number of nitrogens with zero attached hydrogens (tertiary/aromatic N) is 3. The predicted octanol–water partition coefficient (Wildman–Crippen LogP) is 3.63. The van der Waals surface area contributed by atoms with Crippen LogP contribution in [0.4, 0.5) is 10.8 Å². The first-order valence-corrected chi connectivity index (χ1v) is 9.50. The molecule has 0 radical (unpaired) electrons. The van der Waals surface area contributed by atoms with Crippen molar-refractivity contribution >= 4 is 44.7 Å². The van der Waals surface area contributed by atoms with E-state index in [-0.39, 0.29) is 18.2 Å². The lowest BCUT2D eigenvalue weighted by Crippen LogP contribution is -2.28. The molecule has 0 unspecified atom stereocenters. The first-order chi connectivity index (χ1) is 12.6. The summed E-state index contributed by atoms with van der Waals surface area (Å²) in [6, 6.07) is 14.0. The summed E-state index contributed by atoms with van der Waals surface area (Å²) in [5.41, 5.74) is 1.60. The third-order valence-electron chi connectivity index (χ3n) is 4.68. The second-order valence-corrected chi connectivity index (χ2v) is 7.23. The molecular formula is C20H19N3O2S. The van der Waals surface area contributed by atoms with Crippen LogP contribution >= 0.6 is 11.3 Å². The Labute approximate surface area is 155 Å². The zero-order chi connectivity index (χ0) is 18.1. The summed E-state index contributed by atoms with van der Waals surface area (Å²) in [4.78, 5) is 32.5. The number of carbonyl (C=O) groups excluding carboxylic acids is 2. The fraction of sp³-hybridized carbons (Fsp3) is 0.250. The molecule has 0 bridgehead atoms. The Morgan fingerprint density at radius 1 is 1.23 bits per heavy atom. The van der Waals surface area contributed by atoms with Gasteiger partial charge in [-0.1, -0.05) is 36.4 Å². The lowest BCUT2D eigenvalue weighted by Gasteiger charge is -2.19. The van der Waals surface area contributed by atoms with E-state index in [2.05, 4.69) is 4.98 Å². The molecule has 5 nitrogen and oxygen atoms in total. The molecule has 0 atom stereocenters. The molecule has 1 aliphatic rings. The van der Waals surface area contributed by atoms with Crippen molar-refractivity contribution < 1.29 is 9.59 Å². The minimum Gasteiger partial charge on any atom is -0.315 e. The number of hydrogen-bond donors (Lipinski definition) is 0. The van der Waals surface area contributed by atoms with Crippen LogP contribution in [-0.2, 0) is 16.0 Å². The van der Waals surface area contributed by atoms with Crippen LogP contribution in [-0.4, -0.2) is 30.4 Å². The number of thiazole rings is 1. The number of anilines is 2. The molecule has 132 valence electrons. The van der Waals surface area contributed by atoms with Crippen LogP contribution in [0.3, 0.4) is 0 Å². The Hall–Kier alpha value is -2.73. The van der Waals surface area contributed by atoms with Gasteiger partial charge >= 0.3 is 0 Å². The Balaban J connectivity index is 1.53. The van der Waals surface area contributed by atoms with Crippen LogP contribution in [0.15, 0.2) is 47.8 Å². The summed E-state index contributed by atoms with van der Waals surface area (Å²) in [5.74, 6) is 0.0936. The molecule has 2 amide bonds. The van der Waals surface area contributed by atoms with Crippen LogP contribution < -0.4 is 9.80 Å². The van der Waals surface area contributed by atoms with E-state index < -0.39 is 0 Å². The molecule has 6 heteroatoms. The van der Waals surface area contributed by atoms with E-state index in [9.17, 15) is 9.59 Å². The maximum absolute atomic E-state index is 12.8. The highest BCUT2D eigenvalue weighted by Crippen LogP contribution is 2.28. The monoisotopic (exact) mass is 365 g/mol. The number of hydrogen-bond acceptors (Lipinski definition) is 4. The molecule has 26 heavy (non-hydrogen) atoms. The molecule has 1 saturated heterocycles. The summed E-state index contributed by atoms with van der Waals surface area (Å²) in [5, 5.41) is 4.72. The number of amides is 2. The Morgan fingerprint density at radius 2 is 2.04 bits per heavy atom. The van der Waals surface area contributed by atoms with Crippen molar-refractivity contribution in [3.8, 4) is 0 Å². The van der Waals surface area contributed by atoms with E-state index in [4.69, 9.17) is 0 Å². The maximum Gasteiger partial charge on any atom is 0.232 e. The average Bonchev–Trinajstić information content (AvgIpc) is 3.29. The van der Waals surface area contributed by atoms with E-state index in [1.165, 1.54) is 11.3 Å². The Morgan fingerprint density at radius 3 is 2.85 bits per heavy atom. The normalized spacial score (nSPS) is 14.2. The topological polar surface area (TPSA) is 53.5 Å². The zero-order valence-corrected chi connectivity index (χ0v) is 15.3.